The second-order valence-corrected chi connectivity index (χ2v) is 8.83. The highest BCUT2D eigenvalue weighted by Gasteiger charge is 2.30. The molecule has 178 valence electrons. The van der Waals surface area contributed by atoms with Gasteiger partial charge in [-0.2, -0.15) is 0 Å². The highest BCUT2D eigenvalue weighted by Crippen LogP contribution is 2.30. The van der Waals surface area contributed by atoms with E-state index in [1.165, 1.54) is 9.47 Å². The summed E-state index contributed by atoms with van der Waals surface area (Å²) in [4.78, 5) is 52.5. The van der Waals surface area contributed by atoms with Gasteiger partial charge in [0.15, 0.2) is 6.10 Å². The maximum absolute atomic E-state index is 13.2. The summed E-state index contributed by atoms with van der Waals surface area (Å²) in [5, 5.41) is 3.18. The Morgan fingerprint density at radius 2 is 2.00 bits per heavy atom. The molecule has 2 aromatic rings. The smallest absolute Gasteiger partial charge is 0.337 e. The molecule has 2 amide bonds. The van der Waals surface area contributed by atoms with Crippen LogP contribution in [-0.2, 0) is 20.8 Å². The Morgan fingerprint density at radius 1 is 1.24 bits per heavy atom. The Bertz CT molecular complexity index is 1180. The van der Waals surface area contributed by atoms with Gasteiger partial charge >= 0.3 is 17.7 Å². The third-order valence-corrected chi connectivity index (χ3v) is 5.98. The van der Waals surface area contributed by atoms with Crippen LogP contribution in [0.25, 0.3) is 10.9 Å². The summed E-state index contributed by atoms with van der Waals surface area (Å²) in [6, 6.07) is 4.45. The molecule has 2 fully saturated rings. The van der Waals surface area contributed by atoms with Gasteiger partial charge in [-0.15, -0.1) is 0 Å². The van der Waals surface area contributed by atoms with Crippen LogP contribution in [0.3, 0.4) is 0 Å². The normalized spacial score (nSPS) is 18.5. The lowest BCUT2D eigenvalue weighted by molar-refractivity contribution is -0.160. The topological polar surface area (TPSA) is 112 Å². The van der Waals surface area contributed by atoms with Crippen LogP contribution < -0.4 is 16.6 Å². The summed E-state index contributed by atoms with van der Waals surface area (Å²) in [5.74, 6) is -0.131. The van der Waals surface area contributed by atoms with Crippen molar-refractivity contribution >= 4 is 28.6 Å². The summed E-state index contributed by atoms with van der Waals surface area (Å²) in [7, 11) is 0. The molecule has 33 heavy (non-hydrogen) atoms. The van der Waals surface area contributed by atoms with Gasteiger partial charge in [0.25, 0.3) is 5.56 Å². The van der Waals surface area contributed by atoms with Crippen LogP contribution in [0.4, 0.5) is 10.5 Å². The molecule has 0 bridgehead atoms. The zero-order valence-corrected chi connectivity index (χ0v) is 19.2. The van der Waals surface area contributed by atoms with E-state index in [4.69, 9.17) is 9.47 Å². The van der Waals surface area contributed by atoms with Crippen LogP contribution in [0.15, 0.2) is 27.8 Å². The predicted molar refractivity (Wildman–Crippen MR) is 123 cm³/mol. The molecule has 1 saturated carbocycles. The quantitative estimate of drug-likeness (QED) is 0.663. The zero-order chi connectivity index (χ0) is 23.7. The predicted octanol–water partition coefficient (Wildman–Crippen LogP) is 1.95. The third-order valence-electron chi connectivity index (χ3n) is 5.98. The molecule has 0 radical (unpaired) electrons. The van der Waals surface area contributed by atoms with Crippen molar-refractivity contribution < 1.29 is 19.1 Å². The van der Waals surface area contributed by atoms with Gasteiger partial charge < -0.3 is 19.7 Å². The number of nitrogens with zero attached hydrogens (tertiary/aromatic N) is 3. The maximum atomic E-state index is 13.2. The molecule has 0 spiro atoms. The summed E-state index contributed by atoms with van der Waals surface area (Å²) >= 11 is 0. The number of benzene rings is 1. The molecular formula is C23H30N4O6. The number of fused-ring (bicyclic) bond motifs is 1. The van der Waals surface area contributed by atoms with Crippen LogP contribution in [0, 0.1) is 5.92 Å². The number of carbonyl (C=O) groups is 2. The molecule has 1 aromatic heterocycles. The van der Waals surface area contributed by atoms with Crippen molar-refractivity contribution in [3.63, 3.8) is 0 Å². The van der Waals surface area contributed by atoms with E-state index in [9.17, 15) is 19.2 Å². The van der Waals surface area contributed by atoms with Gasteiger partial charge in [0.1, 0.15) is 0 Å². The van der Waals surface area contributed by atoms with Gasteiger partial charge in [-0.3, -0.25) is 13.9 Å². The van der Waals surface area contributed by atoms with Crippen molar-refractivity contribution in [3.8, 4) is 0 Å². The SMILES string of the molecule is CCOC(=O)C1CN(C(=O)Nc2ccc3c(c2)c(=O)n(CC2CC2)c(=O)n3C(C)C)CCO1. The van der Waals surface area contributed by atoms with Gasteiger partial charge in [0, 0.05) is 24.8 Å². The average molecular weight is 459 g/mol. The minimum atomic E-state index is -0.823. The van der Waals surface area contributed by atoms with Crippen molar-refractivity contribution in [2.24, 2.45) is 5.92 Å². The van der Waals surface area contributed by atoms with Gasteiger partial charge in [0.2, 0.25) is 0 Å². The fraction of sp³-hybridized carbons (Fsp3) is 0.565. The van der Waals surface area contributed by atoms with Crippen molar-refractivity contribution in [3.05, 3.63) is 39.0 Å². The highest BCUT2D eigenvalue weighted by molar-refractivity contribution is 5.93. The lowest BCUT2D eigenvalue weighted by Gasteiger charge is -2.31. The number of carbonyl (C=O) groups excluding carboxylic acids is 2. The van der Waals surface area contributed by atoms with Crippen molar-refractivity contribution in [2.45, 2.75) is 52.3 Å². The number of nitrogens with one attached hydrogen (secondary N) is 1. The molecule has 1 N–H and O–H groups in total. The average Bonchev–Trinajstić information content (AvgIpc) is 3.61. The Kier molecular flexibility index (Phi) is 6.55. The molecule has 1 aromatic carbocycles. The first-order valence-corrected chi connectivity index (χ1v) is 11.4. The van der Waals surface area contributed by atoms with Gasteiger partial charge in [-0.05, 0) is 57.7 Å². The van der Waals surface area contributed by atoms with Crippen LogP contribution in [0.2, 0.25) is 0 Å². The molecule has 4 rings (SSSR count). The first kappa shape index (κ1) is 23.0. The molecule has 2 heterocycles. The standard InChI is InChI=1S/C23H30N4O6/c1-4-32-21(29)19-13-25(9-10-33-19)22(30)24-16-7-8-18-17(11-16)20(28)26(12-15-5-6-15)23(31)27(18)14(2)3/h7-8,11,14-15,19H,4-6,9-10,12-13H2,1-3H3,(H,24,30). The summed E-state index contributed by atoms with van der Waals surface area (Å²) in [6.45, 7) is 6.81. The first-order chi connectivity index (χ1) is 15.8. The Morgan fingerprint density at radius 3 is 2.67 bits per heavy atom. The molecule has 2 aliphatic rings. The molecule has 1 aliphatic heterocycles. The number of ether oxygens (including phenoxy) is 2. The number of morpholine rings is 1. The van der Waals surface area contributed by atoms with E-state index in [1.54, 1.807) is 29.7 Å². The molecule has 1 aliphatic carbocycles. The van der Waals surface area contributed by atoms with Crippen LogP contribution in [0.5, 0.6) is 0 Å². The Hall–Kier alpha value is -3.14. The monoisotopic (exact) mass is 458 g/mol. The van der Waals surface area contributed by atoms with Crippen molar-refractivity contribution in [2.75, 3.05) is 31.6 Å². The van der Waals surface area contributed by atoms with Gasteiger partial charge in [0.05, 0.1) is 30.7 Å². The Labute approximate surface area is 191 Å². The van der Waals surface area contributed by atoms with E-state index in [0.29, 0.717) is 35.6 Å². The highest BCUT2D eigenvalue weighted by atomic mass is 16.6. The minimum Gasteiger partial charge on any atom is -0.464 e. The van der Waals surface area contributed by atoms with Crippen LogP contribution in [0.1, 0.15) is 39.7 Å². The second kappa shape index (κ2) is 9.38. The molecule has 1 atom stereocenters. The molecule has 10 nitrogen and oxygen atoms in total. The summed E-state index contributed by atoms with van der Waals surface area (Å²) < 4.78 is 13.3. The fourth-order valence-electron chi connectivity index (χ4n) is 4.09. The fourth-order valence-corrected chi connectivity index (χ4v) is 4.09. The van der Waals surface area contributed by atoms with Crippen LogP contribution >= 0.6 is 0 Å². The van der Waals surface area contributed by atoms with E-state index in [1.807, 2.05) is 13.8 Å². The molecule has 10 heteroatoms. The third kappa shape index (κ3) is 4.80. The number of hydrogen-bond acceptors (Lipinski definition) is 6. The minimum absolute atomic E-state index is 0.0827. The number of esters is 1. The van der Waals surface area contributed by atoms with E-state index in [-0.39, 0.29) is 37.0 Å². The largest absolute Gasteiger partial charge is 0.464 e. The number of urea groups is 1. The summed E-state index contributed by atoms with van der Waals surface area (Å²) in [5.41, 5.74) is 0.336. The van der Waals surface area contributed by atoms with Gasteiger partial charge in [-0.25, -0.2) is 14.4 Å². The Balaban J connectivity index is 1.61. The lowest BCUT2D eigenvalue weighted by atomic mass is 10.2. The second-order valence-electron chi connectivity index (χ2n) is 8.83. The number of anilines is 1. The van der Waals surface area contributed by atoms with E-state index >= 15 is 0 Å². The van der Waals surface area contributed by atoms with Crippen molar-refractivity contribution in [1.82, 2.24) is 14.0 Å². The first-order valence-electron chi connectivity index (χ1n) is 11.4. The van der Waals surface area contributed by atoms with E-state index in [0.717, 1.165) is 12.8 Å². The number of hydrogen-bond donors (Lipinski definition) is 1. The van der Waals surface area contributed by atoms with E-state index in [2.05, 4.69) is 5.32 Å². The maximum Gasteiger partial charge on any atom is 0.337 e. The molecular weight excluding hydrogens is 428 g/mol. The lowest BCUT2D eigenvalue weighted by Crippen LogP contribution is -2.50. The van der Waals surface area contributed by atoms with Crippen molar-refractivity contribution in [1.29, 1.82) is 0 Å². The van der Waals surface area contributed by atoms with Crippen LogP contribution in [-0.4, -0.2) is 58.4 Å². The number of rotatable bonds is 6. The zero-order valence-electron chi connectivity index (χ0n) is 19.2. The van der Waals surface area contributed by atoms with Gasteiger partial charge in [-0.1, -0.05) is 0 Å². The molecule has 1 saturated heterocycles. The summed E-state index contributed by atoms with van der Waals surface area (Å²) in [6.07, 6.45) is 1.22. The number of aromatic nitrogens is 2. The van der Waals surface area contributed by atoms with E-state index < -0.39 is 18.1 Å². The number of amides is 2. The molecule has 1 unspecified atom stereocenters.